The number of nitrogens with one attached hydrogen (secondary N) is 1. The average Bonchev–Trinajstić information content (AvgIpc) is 2.28. The fourth-order valence-corrected chi connectivity index (χ4v) is 2.68. The van der Waals surface area contributed by atoms with E-state index in [2.05, 4.69) is 43.2 Å². The van der Waals surface area contributed by atoms with Gasteiger partial charge in [-0.15, -0.1) is 0 Å². The molecule has 3 nitrogen and oxygen atoms in total. The second-order valence-electron chi connectivity index (χ2n) is 5.33. The van der Waals surface area contributed by atoms with E-state index in [1.54, 1.807) is 0 Å². The maximum Gasteiger partial charge on any atom is 0.0220 e. The molecule has 0 bridgehead atoms. The lowest BCUT2D eigenvalue weighted by atomic mass is 10.0. The van der Waals surface area contributed by atoms with Gasteiger partial charge < -0.3 is 15.1 Å². The van der Waals surface area contributed by atoms with Crippen LogP contribution in [0.3, 0.4) is 0 Å². The van der Waals surface area contributed by atoms with E-state index in [0.717, 1.165) is 18.5 Å². The Bertz CT molecular complexity index is 184. The van der Waals surface area contributed by atoms with Crippen LogP contribution in [0, 0.1) is 5.92 Å². The molecule has 0 aromatic rings. The van der Waals surface area contributed by atoms with Crippen LogP contribution in [0.5, 0.6) is 0 Å². The van der Waals surface area contributed by atoms with Crippen LogP contribution in [0.15, 0.2) is 0 Å². The summed E-state index contributed by atoms with van der Waals surface area (Å²) in [5.41, 5.74) is 0. The normalized spacial score (nSPS) is 24.9. The predicted octanol–water partition coefficient (Wildman–Crippen LogP) is 1.26. The van der Waals surface area contributed by atoms with E-state index in [0.29, 0.717) is 0 Å². The third-order valence-electron chi connectivity index (χ3n) is 3.84. The lowest BCUT2D eigenvalue weighted by Gasteiger charge is -2.37. The van der Waals surface area contributed by atoms with Crippen molar-refractivity contribution in [3.63, 3.8) is 0 Å². The molecule has 2 unspecified atom stereocenters. The molecule has 0 aromatic carbocycles. The van der Waals surface area contributed by atoms with Crippen LogP contribution >= 0.6 is 0 Å². The summed E-state index contributed by atoms with van der Waals surface area (Å²) in [6.07, 6.45) is 4.00. The zero-order valence-electron chi connectivity index (χ0n) is 11.5. The zero-order valence-corrected chi connectivity index (χ0v) is 11.5. The van der Waals surface area contributed by atoms with E-state index in [-0.39, 0.29) is 0 Å². The fraction of sp³-hybridized carbons (Fsp3) is 1.00. The molecule has 1 N–H and O–H groups in total. The van der Waals surface area contributed by atoms with Crippen LogP contribution in [0.4, 0.5) is 0 Å². The van der Waals surface area contributed by atoms with Crippen LogP contribution < -0.4 is 5.32 Å². The second kappa shape index (κ2) is 7.25. The van der Waals surface area contributed by atoms with Gasteiger partial charge in [0.2, 0.25) is 0 Å². The van der Waals surface area contributed by atoms with E-state index < -0.39 is 0 Å². The number of likely N-dealkylation sites (tertiary alicyclic amines) is 1. The van der Waals surface area contributed by atoms with Crippen molar-refractivity contribution in [1.29, 1.82) is 0 Å². The fourth-order valence-electron chi connectivity index (χ4n) is 2.68. The SMILES string of the molecule is CCC(CNC)CN(C)C1CCCN(C)C1. The molecule has 3 heteroatoms. The number of likely N-dealkylation sites (N-methyl/N-ethyl adjacent to an activating group) is 2. The van der Waals surface area contributed by atoms with Crippen molar-refractivity contribution in [2.24, 2.45) is 5.92 Å². The summed E-state index contributed by atoms with van der Waals surface area (Å²) < 4.78 is 0. The van der Waals surface area contributed by atoms with Gasteiger partial charge in [0.25, 0.3) is 0 Å². The lowest BCUT2D eigenvalue weighted by Crippen LogP contribution is -2.47. The summed E-state index contributed by atoms with van der Waals surface area (Å²) in [6.45, 7) is 7.19. The molecule has 0 aliphatic carbocycles. The highest BCUT2D eigenvalue weighted by Gasteiger charge is 2.22. The van der Waals surface area contributed by atoms with Gasteiger partial charge in [0.05, 0.1) is 0 Å². The number of nitrogens with zero attached hydrogens (tertiary/aromatic N) is 2. The molecule has 0 spiro atoms. The van der Waals surface area contributed by atoms with Crippen LogP contribution in [0.25, 0.3) is 0 Å². The minimum absolute atomic E-state index is 0.768. The van der Waals surface area contributed by atoms with Gasteiger partial charge in [0.15, 0.2) is 0 Å². The Labute approximate surface area is 101 Å². The van der Waals surface area contributed by atoms with Crippen LogP contribution in [-0.2, 0) is 0 Å². The average molecular weight is 227 g/mol. The summed E-state index contributed by atoms with van der Waals surface area (Å²) in [6, 6.07) is 0.768. The Balaban J connectivity index is 2.34. The molecule has 16 heavy (non-hydrogen) atoms. The number of rotatable bonds is 6. The van der Waals surface area contributed by atoms with Gasteiger partial charge in [-0.25, -0.2) is 0 Å². The first kappa shape index (κ1) is 13.9. The van der Waals surface area contributed by atoms with Crippen molar-refractivity contribution >= 4 is 0 Å². The quantitative estimate of drug-likeness (QED) is 0.737. The number of piperidine rings is 1. The topological polar surface area (TPSA) is 18.5 Å². The van der Waals surface area contributed by atoms with Crippen molar-refractivity contribution in [3.8, 4) is 0 Å². The number of hydrogen-bond donors (Lipinski definition) is 1. The lowest BCUT2D eigenvalue weighted by molar-refractivity contribution is 0.119. The zero-order chi connectivity index (χ0) is 12.0. The van der Waals surface area contributed by atoms with Crippen LogP contribution in [-0.4, -0.2) is 63.2 Å². The summed E-state index contributed by atoms with van der Waals surface area (Å²) in [7, 11) is 6.59. The maximum atomic E-state index is 3.30. The largest absolute Gasteiger partial charge is 0.319 e. The Hall–Kier alpha value is -0.120. The third kappa shape index (κ3) is 4.40. The highest BCUT2D eigenvalue weighted by Crippen LogP contribution is 2.15. The molecule has 96 valence electrons. The van der Waals surface area contributed by atoms with Gasteiger partial charge in [-0.2, -0.15) is 0 Å². The summed E-state index contributed by atoms with van der Waals surface area (Å²) in [4.78, 5) is 5.03. The summed E-state index contributed by atoms with van der Waals surface area (Å²) in [5, 5.41) is 3.30. The van der Waals surface area contributed by atoms with Crippen LogP contribution in [0.1, 0.15) is 26.2 Å². The molecule has 1 aliphatic heterocycles. The highest BCUT2D eigenvalue weighted by molar-refractivity contribution is 4.79. The van der Waals surface area contributed by atoms with Crippen molar-refractivity contribution < 1.29 is 0 Å². The molecular weight excluding hydrogens is 198 g/mol. The van der Waals surface area contributed by atoms with E-state index in [1.807, 2.05) is 0 Å². The van der Waals surface area contributed by atoms with Crippen molar-refractivity contribution in [1.82, 2.24) is 15.1 Å². The summed E-state index contributed by atoms with van der Waals surface area (Å²) in [5.74, 6) is 0.794. The maximum absolute atomic E-state index is 3.30. The monoisotopic (exact) mass is 227 g/mol. The van der Waals surface area contributed by atoms with E-state index >= 15 is 0 Å². The minimum Gasteiger partial charge on any atom is -0.319 e. The summed E-state index contributed by atoms with van der Waals surface area (Å²) >= 11 is 0. The van der Waals surface area contributed by atoms with Gasteiger partial charge in [0.1, 0.15) is 0 Å². The molecular formula is C13H29N3. The van der Waals surface area contributed by atoms with Gasteiger partial charge >= 0.3 is 0 Å². The third-order valence-corrected chi connectivity index (χ3v) is 3.84. The number of hydrogen-bond acceptors (Lipinski definition) is 3. The molecule has 0 saturated carbocycles. The van der Waals surface area contributed by atoms with Crippen molar-refractivity contribution in [2.75, 3.05) is 47.3 Å². The standard InChI is InChI=1S/C13H29N3/c1-5-12(9-14-2)10-16(4)13-7-6-8-15(3)11-13/h12-14H,5-11H2,1-4H3. The van der Waals surface area contributed by atoms with Gasteiger partial charge in [-0.05, 0) is 53.0 Å². The van der Waals surface area contributed by atoms with Gasteiger partial charge in [-0.3, -0.25) is 0 Å². The molecule has 0 radical (unpaired) electrons. The molecule has 0 amide bonds. The first-order valence-electron chi connectivity index (χ1n) is 6.70. The predicted molar refractivity (Wildman–Crippen MR) is 70.9 cm³/mol. The Kier molecular flexibility index (Phi) is 6.32. The van der Waals surface area contributed by atoms with Crippen molar-refractivity contribution in [3.05, 3.63) is 0 Å². The van der Waals surface area contributed by atoms with Gasteiger partial charge in [0, 0.05) is 19.1 Å². The smallest absolute Gasteiger partial charge is 0.0220 e. The Morgan fingerprint density at radius 3 is 2.81 bits per heavy atom. The molecule has 1 aliphatic rings. The van der Waals surface area contributed by atoms with E-state index in [9.17, 15) is 0 Å². The van der Waals surface area contributed by atoms with Crippen LogP contribution in [0.2, 0.25) is 0 Å². The molecule has 0 aromatic heterocycles. The molecule has 1 rings (SSSR count). The first-order chi connectivity index (χ1) is 7.67. The molecule has 1 heterocycles. The molecule has 2 atom stereocenters. The molecule has 1 fully saturated rings. The minimum atomic E-state index is 0.768. The molecule has 1 saturated heterocycles. The second-order valence-corrected chi connectivity index (χ2v) is 5.33. The Morgan fingerprint density at radius 2 is 2.25 bits per heavy atom. The van der Waals surface area contributed by atoms with Crippen molar-refractivity contribution in [2.45, 2.75) is 32.2 Å². The van der Waals surface area contributed by atoms with E-state index in [4.69, 9.17) is 0 Å². The Morgan fingerprint density at radius 1 is 1.50 bits per heavy atom. The first-order valence-corrected chi connectivity index (χ1v) is 6.70. The van der Waals surface area contributed by atoms with Gasteiger partial charge in [-0.1, -0.05) is 13.3 Å². The van der Waals surface area contributed by atoms with E-state index in [1.165, 1.54) is 38.9 Å². The highest BCUT2D eigenvalue weighted by atomic mass is 15.2.